The van der Waals surface area contributed by atoms with Gasteiger partial charge in [0, 0.05) is 6.04 Å². The Labute approximate surface area is 101 Å². The van der Waals surface area contributed by atoms with Gasteiger partial charge in [0.05, 0.1) is 11.9 Å². The lowest BCUT2D eigenvalue weighted by Crippen LogP contribution is -2.18. The molecule has 1 aromatic rings. The maximum absolute atomic E-state index is 4.21. The second kappa shape index (κ2) is 6.83. The topological polar surface area (TPSA) is 24.9 Å². The average molecular weight is 271 g/mol. The van der Waals surface area contributed by atoms with E-state index in [1.807, 2.05) is 12.3 Å². The van der Waals surface area contributed by atoms with E-state index < -0.39 is 0 Å². The van der Waals surface area contributed by atoms with E-state index >= 15 is 0 Å². The molecule has 84 valence electrons. The van der Waals surface area contributed by atoms with E-state index in [0.717, 1.165) is 10.3 Å². The monoisotopic (exact) mass is 270 g/mol. The van der Waals surface area contributed by atoms with Crippen LogP contribution >= 0.6 is 15.9 Å². The summed E-state index contributed by atoms with van der Waals surface area (Å²) in [6.45, 7) is 4.45. The number of anilines is 1. The summed E-state index contributed by atoms with van der Waals surface area (Å²) in [7, 11) is 0. The molecule has 2 nitrogen and oxygen atoms in total. The summed E-state index contributed by atoms with van der Waals surface area (Å²) in [5, 5.41) is 3.52. The number of aromatic nitrogens is 1. The second-order valence-corrected chi connectivity index (χ2v) is 4.60. The van der Waals surface area contributed by atoms with Crippen molar-refractivity contribution in [2.45, 2.75) is 45.6 Å². The molecular formula is C12H19BrN2. The number of halogens is 1. The van der Waals surface area contributed by atoms with Gasteiger partial charge in [0.25, 0.3) is 0 Å². The summed E-state index contributed by atoms with van der Waals surface area (Å²) in [4.78, 5) is 4.21. The van der Waals surface area contributed by atoms with E-state index in [2.05, 4.69) is 46.1 Å². The molecule has 0 aliphatic rings. The molecule has 0 saturated heterocycles. The van der Waals surface area contributed by atoms with Crippen molar-refractivity contribution in [3.63, 3.8) is 0 Å². The molecule has 0 unspecified atom stereocenters. The van der Waals surface area contributed by atoms with Gasteiger partial charge in [-0.2, -0.15) is 0 Å². The third kappa shape index (κ3) is 4.65. The van der Waals surface area contributed by atoms with Crippen LogP contribution in [0.4, 0.5) is 5.69 Å². The fourth-order valence-corrected chi connectivity index (χ4v) is 1.92. The molecule has 0 bridgehead atoms. The molecule has 1 heterocycles. The smallest absolute Gasteiger partial charge is 0.106 e. The third-order valence-electron chi connectivity index (χ3n) is 2.37. The summed E-state index contributed by atoms with van der Waals surface area (Å²) in [5.41, 5.74) is 1.12. The van der Waals surface area contributed by atoms with Crippen molar-refractivity contribution in [2.75, 3.05) is 5.32 Å². The molecule has 1 rings (SSSR count). The molecule has 0 aliphatic heterocycles. The Morgan fingerprint density at radius 3 is 2.40 bits per heavy atom. The molecule has 0 saturated carbocycles. The summed E-state index contributed by atoms with van der Waals surface area (Å²) < 4.78 is 0.885. The highest BCUT2D eigenvalue weighted by atomic mass is 79.9. The fourth-order valence-electron chi connectivity index (χ4n) is 1.68. The number of rotatable bonds is 6. The minimum atomic E-state index is 0.586. The van der Waals surface area contributed by atoms with Gasteiger partial charge in [0.1, 0.15) is 4.60 Å². The minimum absolute atomic E-state index is 0.586. The number of nitrogens with zero attached hydrogens (tertiary/aromatic N) is 1. The van der Waals surface area contributed by atoms with Crippen molar-refractivity contribution in [2.24, 2.45) is 0 Å². The van der Waals surface area contributed by atoms with Gasteiger partial charge >= 0.3 is 0 Å². The predicted molar refractivity (Wildman–Crippen MR) is 69.2 cm³/mol. The van der Waals surface area contributed by atoms with Gasteiger partial charge < -0.3 is 5.32 Å². The summed E-state index contributed by atoms with van der Waals surface area (Å²) >= 11 is 3.33. The van der Waals surface area contributed by atoms with Crippen molar-refractivity contribution in [1.82, 2.24) is 4.98 Å². The normalized spacial score (nSPS) is 10.7. The minimum Gasteiger partial charge on any atom is -0.381 e. The van der Waals surface area contributed by atoms with Crippen LogP contribution in [0.2, 0.25) is 0 Å². The van der Waals surface area contributed by atoms with Gasteiger partial charge in [0.15, 0.2) is 0 Å². The van der Waals surface area contributed by atoms with Gasteiger partial charge in [0.2, 0.25) is 0 Å². The zero-order chi connectivity index (χ0) is 11.1. The lowest BCUT2D eigenvalue weighted by molar-refractivity contribution is 0.586. The lowest BCUT2D eigenvalue weighted by Gasteiger charge is -2.18. The number of pyridine rings is 1. The van der Waals surface area contributed by atoms with Crippen LogP contribution in [0.3, 0.4) is 0 Å². The van der Waals surface area contributed by atoms with Crippen molar-refractivity contribution in [3.8, 4) is 0 Å². The maximum Gasteiger partial charge on any atom is 0.106 e. The second-order valence-electron chi connectivity index (χ2n) is 3.79. The van der Waals surface area contributed by atoms with Gasteiger partial charge in [-0.15, -0.1) is 0 Å². The van der Waals surface area contributed by atoms with E-state index in [0.29, 0.717) is 6.04 Å². The van der Waals surface area contributed by atoms with Crippen LogP contribution in [-0.4, -0.2) is 11.0 Å². The van der Waals surface area contributed by atoms with Crippen LogP contribution < -0.4 is 5.32 Å². The van der Waals surface area contributed by atoms with Crippen LogP contribution in [0.5, 0.6) is 0 Å². The molecule has 0 aromatic carbocycles. The number of hydrogen-bond acceptors (Lipinski definition) is 2. The molecule has 0 aliphatic carbocycles. The Kier molecular flexibility index (Phi) is 5.69. The Morgan fingerprint density at radius 2 is 1.93 bits per heavy atom. The highest BCUT2D eigenvalue weighted by Gasteiger charge is 2.05. The van der Waals surface area contributed by atoms with Crippen LogP contribution in [0, 0.1) is 0 Å². The molecule has 0 amide bonds. The first kappa shape index (κ1) is 12.5. The van der Waals surface area contributed by atoms with Crippen LogP contribution in [0.25, 0.3) is 0 Å². The summed E-state index contributed by atoms with van der Waals surface area (Å²) in [6, 6.07) is 4.62. The van der Waals surface area contributed by atoms with E-state index in [1.165, 1.54) is 25.7 Å². The lowest BCUT2D eigenvalue weighted by atomic mass is 10.1. The van der Waals surface area contributed by atoms with Crippen LogP contribution in [0.1, 0.15) is 39.5 Å². The number of nitrogens with one attached hydrogen (secondary N) is 1. The Hall–Kier alpha value is -0.570. The first-order valence-electron chi connectivity index (χ1n) is 5.64. The van der Waals surface area contributed by atoms with E-state index in [4.69, 9.17) is 0 Å². The van der Waals surface area contributed by atoms with Crippen molar-refractivity contribution >= 4 is 21.6 Å². The fraction of sp³-hybridized carbons (Fsp3) is 0.583. The number of hydrogen-bond donors (Lipinski definition) is 1. The standard InChI is InChI=1S/C12H19BrN2/c1-3-5-10(6-4-2)15-11-7-8-12(13)14-9-11/h7-10,15H,3-6H2,1-2H3. The molecule has 0 fully saturated rings. The van der Waals surface area contributed by atoms with Crippen LogP contribution in [0.15, 0.2) is 22.9 Å². The van der Waals surface area contributed by atoms with Crippen LogP contribution in [-0.2, 0) is 0 Å². The summed E-state index contributed by atoms with van der Waals surface area (Å²) in [5.74, 6) is 0. The molecule has 3 heteroatoms. The molecule has 0 spiro atoms. The van der Waals surface area contributed by atoms with E-state index in [-0.39, 0.29) is 0 Å². The first-order chi connectivity index (χ1) is 7.26. The zero-order valence-corrected chi connectivity index (χ0v) is 11.0. The highest BCUT2D eigenvalue weighted by Crippen LogP contribution is 2.15. The van der Waals surface area contributed by atoms with Crippen molar-refractivity contribution in [3.05, 3.63) is 22.9 Å². The van der Waals surface area contributed by atoms with Gasteiger partial charge in [-0.25, -0.2) is 4.98 Å². The molecule has 0 atom stereocenters. The largest absolute Gasteiger partial charge is 0.381 e. The Bertz CT molecular complexity index is 265. The third-order valence-corrected chi connectivity index (χ3v) is 2.84. The molecule has 1 N–H and O–H groups in total. The molecular weight excluding hydrogens is 252 g/mol. The molecule has 15 heavy (non-hydrogen) atoms. The Morgan fingerprint density at radius 1 is 1.27 bits per heavy atom. The zero-order valence-electron chi connectivity index (χ0n) is 9.46. The Balaban J connectivity index is 2.53. The maximum atomic E-state index is 4.21. The van der Waals surface area contributed by atoms with Gasteiger partial charge in [-0.1, -0.05) is 26.7 Å². The van der Waals surface area contributed by atoms with E-state index in [9.17, 15) is 0 Å². The first-order valence-corrected chi connectivity index (χ1v) is 6.43. The van der Waals surface area contributed by atoms with Gasteiger partial charge in [-0.3, -0.25) is 0 Å². The van der Waals surface area contributed by atoms with Crippen molar-refractivity contribution in [1.29, 1.82) is 0 Å². The predicted octanol–water partition coefficient (Wildman–Crippen LogP) is 4.22. The SMILES string of the molecule is CCCC(CCC)Nc1ccc(Br)nc1. The summed E-state index contributed by atoms with van der Waals surface area (Å²) in [6.07, 6.45) is 6.78. The average Bonchev–Trinajstić information content (AvgIpc) is 2.22. The molecule has 1 aromatic heterocycles. The quantitative estimate of drug-likeness (QED) is 0.783. The van der Waals surface area contributed by atoms with E-state index in [1.54, 1.807) is 0 Å². The van der Waals surface area contributed by atoms with Crippen molar-refractivity contribution < 1.29 is 0 Å². The van der Waals surface area contributed by atoms with Gasteiger partial charge in [-0.05, 0) is 40.9 Å². The highest BCUT2D eigenvalue weighted by molar-refractivity contribution is 9.10. The molecule has 0 radical (unpaired) electrons.